The van der Waals surface area contributed by atoms with Crippen LogP contribution in [0.15, 0.2) is 40.5 Å². The Labute approximate surface area is 159 Å². The number of fused-ring (bicyclic) bond motifs is 1. The van der Waals surface area contributed by atoms with E-state index in [1.807, 2.05) is 6.07 Å². The molecule has 0 saturated heterocycles. The van der Waals surface area contributed by atoms with Gasteiger partial charge in [-0.3, -0.25) is 4.79 Å². The van der Waals surface area contributed by atoms with E-state index in [4.69, 9.17) is 33.7 Å². The summed E-state index contributed by atoms with van der Waals surface area (Å²) in [6.07, 6.45) is 0. The molecule has 2 heterocycles. The summed E-state index contributed by atoms with van der Waals surface area (Å²) < 4.78 is 6.97. The Morgan fingerprint density at radius 3 is 2.69 bits per heavy atom. The van der Waals surface area contributed by atoms with Crippen molar-refractivity contribution in [3.05, 3.63) is 72.9 Å². The Hall–Kier alpha value is -2.46. The number of rotatable bonds is 3. The first-order valence-electron chi connectivity index (χ1n) is 7.76. The minimum atomic E-state index is -0.739. The highest BCUT2D eigenvalue weighted by Crippen LogP contribution is 2.41. The third-order valence-corrected chi connectivity index (χ3v) is 5.03. The topological polar surface area (TPSA) is 101 Å². The molecular formula is C18H15Cl2N3O3. The highest BCUT2D eigenvalue weighted by molar-refractivity contribution is 6.42. The van der Waals surface area contributed by atoms with E-state index in [2.05, 4.69) is 0 Å². The van der Waals surface area contributed by atoms with Gasteiger partial charge < -0.3 is 20.1 Å². The fourth-order valence-corrected chi connectivity index (χ4v) is 3.40. The maximum absolute atomic E-state index is 13.1. The molecule has 0 saturated carbocycles. The summed E-state index contributed by atoms with van der Waals surface area (Å²) in [6.45, 7) is 1.67. The summed E-state index contributed by atoms with van der Waals surface area (Å²) in [5.74, 6) is -0.513. The first-order chi connectivity index (χ1) is 12.4. The first-order valence-corrected chi connectivity index (χ1v) is 8.52. The number of aromatic nitrogens is 1. The summed E-state index contributed by atoms with van der Waals surface area (Å²) in [4.78, 5) is 13.1. The molecule has 1 aromatic heterocycles. The van der Waals surface area contributed by atoms with Crippen molar-refractivity contribution in [3.63, 3.8) is 0 Å². The lowest BCUT2D eigenvalue weighted by Crippen LogP contribution is -2.33. The van der Waals surface area contributed by atoms with Gasteiger partial charge in [0.1, 0.15) is 17.4 Å². The number of benzene rings is 1. The zero-order valence-electron chi connectivity index (χ0n) is 13.8. The number of aliphatic hydroxyl groups excluding tert-OH is 1. The molecule has 1 aliphatic rings. The lowest BCUT2D eigenvalue weighted by atomic mass is 9.84. The Morgan fingerprint density at radius 1 is 1.35 bits per heavy atom. The standard InChI is InChI=1S/C18H15Cl2N3O3/c1-9-6-14-16(18(25)23(9)4-5-24)15(11(8-21)17(22)26-14)10-2-3-12(19)13(20)7-10/h2-3,6-7,15,24H,4-5,22H2,1H3/t15-/m0/s1. The lowest BCUT2D eigenvalue weighted by Gasteiger charge is -2.27. The van der Waals surface area contributed by atoms with Gasteiger partial charge in [-0.2, -0.15) is 5.26 Å². The molecule has 0 fully saturated rings. The fraction of sp³-hybridized carbons (Fsp3) is 0.222. The monoisotopic (exact) mass is 391 g/mol. The maximum Gasteiger partial charge on any atom is 0.258 e. The molecule has 1 aromatic carbocycles. The van der Waals surface area contributed by atoms with Gasteiger partial charge in [0.2, 0.25) is 5.88 Å². The number of hydrogen-bond donors (Lipinski definition) is 2. The van der Waals surface area contributed by atoms with Crippen LogP contribution in [0.3, 0.4) is 0 Å². The third kappa shape index (κ3) is 2.95. The van der Waals surface area contributed by atoms with E-state index < -0.39 is 5.92 Å². The van der Waals surface area contributed by atoms with E-state index in [9.17, 15) is 15.2 Å². The van der Waals surface area contributed by atoms with E-state index in [1.165, 1.54) is 4.57 Å². The quantitative estimate of drug-likeness (QED) is 0.837. The van der Waals surface area contributed by atoms with Crippen LogP contribution >= 0.6 is 23.2 Å². The van der Waals surface area contributed by atoms with E-state index in [0.29, 0.717) is 21.3 Å². The fourth-order valence-electron chi connectivity index (χ4n) is 3.09. The second-order valence-electron chi connectivity index (χ2n) is 5.84. The number of nitriles is 1. The van der Waals surface area contributed by atoms with E-state index in [0.717, 1.165) is 0 Å². The average molecular weight is 392 g/mol. The molecule has 8 heteroatoms. The molecule has 3 N–H and O–H groups in total. The molecule has 3 rings (SSSR count). The van der Waals surface area contributed by atoms with Crippen LogP contribution in [0.4, 0.5) is 0 Å². The number of allylic oxidation sites excluding steroid dienone is 1. The van der Waals surface area contributed by atoms with Crippen molar-refractivity contribution in [1.82, 2.24) is 4.57 Å². The Bertz CT molecular complexity index is 1020. The van der Waals surface area contributed by atoms with E-state index >= 15 is 0 Å². The highest BCUT2D eigenvalue weighted by Gasteiger charge is 2.34. The minimum absolute atomic E-state index is 0.0604. The van der Waals surface area contributed by atoms with Gasteiger partial charge >= 0.3 is 0 Å². The molecule has 2 aromatic rings. The summed E-state index contributed by atoms with van der Waals surface area (Å²) in [5.41, 5.74) is 7.17. The smallest absolute Gasteiger partial charge is 0.258 e. The van der Waals surface area contributed by atoms with Crippen LogP contribution in [0.2, 0.25) is 10.0 Å². The lowest BCUT2D eigenvalue weighted by molar-refractivity contribution is 0.272. The summed E-state index contributed by atoms with van der Waals surface area (Å²) >= 11 is 12.1. The molecule has 6 nitrogen and oxygen atoms in total. The van der Waals surface area contributed by atoms with Crippen LogP contribution in [0, 0.1) is 18.3 Å². The third-order valence-electron chi connectivity index (χ3n) is 4.29. The van der Waals surface area contributed by atoms with Crippen molar-refractivity contribution >= 4 is 23.2 Å². The van der Waals surface area contributed by atoms with E-state index in [1.54, 1.807) is 31.2 Å². The van der Waals surface area contributed by atoms with Gasteiger partial charge in [-0.1, -0.05) is 29.3 Å². The number of pyridine rings is 1. The van der Waals surface area contributed by atoms with Crippen molar-refractivity contribution < 1.29 is 9.84 Å². The predicted molar refractivity (Wildman–Crippen MR) is 98.3 cm³/mol. The van der Waals surface area contributed by atoms with Gasteiger partial charge in [0, 0.05) is 18.3 Å². The van der Waals surface area contributed by atoms with Crippen LogP contribution in [0.5, 0.6) is 5.75 Å². The number of hydrogen-bond acceptors (Lipinski definition) is 5. The van der Waals surface area contributed by atoms with Gasteiger partial charge in [0.25, 0.3) is 5.56 Å². The van der Waals surface area contributed by atoms with Crippen molar-refractivity contribution in [2.24, 2.45) is 5.73 Å². The molecule has 0 spiro atoms. The molecular weight excluding hydrogens is 377 g/mol. The normalized spacial score (nSPS) is 16.0. The van der Waals surface area contributed by atoms with Gasteiger partial charge in [-0.25, -0.2) is 0 Å². The maximum atomic E-state index is 13.1. The van der Waals surface area contributed by atoms with Crippen molar-refractivity contribution in [2.75, 3.05) is 6.61 Å². The average Bonchev–Trinajstić information content (AvgIpc) is 2.60. The Kier molecular flexibility index (Phi) is 4.97. The molecule has 1 atom stereocenters. The molecule has 0 unspecified atom stereocenters. The van der Waals surface area contributed by atoms with Crippen molar-refractivity contribution in [1.29, 1.82) is 5.26 Å². The number of nitrogens with two attached hydrogens (primary N) is 1. The molecule has 0 aliphatic carbocycles. The van der Waals surface area contributed by atoms with Gasteiger partial charge in [-0.15, -0.1) is 0 Å². The van der Waals surface area contributed by atoms with Gasteiger partial charge in [0.15, 0.2) is 0 Å². The second kappa shape index (κ2) is 7.04. The summed E-state index contributed by atoms with van der Waals surface area (Å²) in [7, 11) is 0. The summed E-state index contributed by atoms with van der Waals surface area (Å²) in [5, 5.41) is 19.5. The van der Waals surface area contributed by atoms with Gasteiger partial charge in [0.05, 0.1) is 28.1 Å². The first kappa shape index (κ1) is 18.3. The number of aryl methyl sites for hydroxylation is 1. The van der Waals surface area contributed by atoms with Crippen molar-refractivity contribution in [2.45, 2.75) is 19.4 Å². The molecule has 26 heavy (non-hydrogen) atoms. The highest BCUT2D eigenvalue weighted by atomic mass is 35.5. The predicted octanol–water partition coefficient (Wildman–Crippen LogP) is 2.67. The van der Waals surface area contributed by atoms with Crippen molar-refractivity contribution in [3.8, 4) is 11.8 Å². The van der Waals surface area contributed by atoms with Crippen LogP contribution in [-0.4, -0.2) is 16.3 Å². The Morgan fingerprint density at radius 2 is 2.08 bits per heavy atom. The van der Waals surface area contributed by atoms with Crippen LogP contribution < -0.4 is 16.0 Å². The van der Waals surface area contributed by atoms with Crippen LogP contribution in [0.25, 0.3) is 0 Å². The largest absolute Gasteiger partial charge is 0.440 e. The Balaban J connectivity index is 2.33. The number of aliphatic hydroxyl groups is 1. The second-order valence-corrected chi connectivity index (χ2v) is 6.66. The number of halogens is 2. The molecule has 0 bridgehead atoms. The molecule has 0 radical (unpaired) electrons. The van der Waals surface area contributed by atoms with E-state index in [-0.39, 0.29) is 41.5 Å². The number of ether oxygens (including phenoxy) is 1. The van der Waals surface area contributed by atoms with Crippen LogP contribution in [-0.2, 0) is 6.54 Å². The SMILES string of the molecule is Cc1cc2c(c(=O)n1CCO)[C@@H](c1ccc(Cl)c(Cl)c1)C(C#N)=C(N)O2. The zero-order chi connectivity index (χ0) is 19.0. The van der Waals surface area contributed by atoms with Crippen LogP contribution in [0.1, 0.15) is 22.7 Å². The van der Waals surface area contributed by atoms with Gasteiger partial charge in [-0.05, 0) is 24.6 Å². The summed E-state index contributed by atoms with van der Waals surface area (Å²) in [6, 6.07) is 8.58. The molecule has 134 valence electrons. The molecule has 1 aliphatic heterocycles. The number of nitrogens with zero attached hydrogens (tertiary/aromatic N) is 2. The minimum Gasteiger partial charge on any atom is -0.440 e. The zero-order valence-corrected chi connectivity index (χ0v) is 15.3. The molecule has 0 amide bonds.